The van der Waals surface area contributed by atoms with Crippen molar-refractivity contribution in [2.24, 2.45) is 0 Å². The van der Waals surface area contributed by atoms with E-state index in [0.29, 0.717) is 0 Å². The van der Waals surface area contributed by atoms with Gasteiger partial charge < -0.3 is 4.74 Å². The molecule has 0 fully saturated rings. The molecule has 0 aromatic heterocycles. The fraction of sp³-hybridized carbons (Fsp3) is 0.200. The molecule has 32 heavy (non-hydrogen) atoms. The molecule has 2 aliphatic heterocycles. The summed E-state index contributed by atoms with van der Waals surface area (Å²) in [6, 6.07) is 30.0. The highest BCUT2D eigenvalue weighted by Gasteiger charge is 2.19. The standard InChI is InChI=1S/C17H18S.C13H10O/c1-3-12-9-13(4-2)17-15(10-12)11-14-7-5-6-8-16(14)18-17;1-3-7-12-10(5-1)9-11-6-2-4-8-13(11)14-12/h5-10H,3-4,11H2,1-2H3;1-8H,9H2. The normalized spacial score (nSPS) is 12.8. The number of ether oxygens (including phenoxy) is 1. The van der Waals surface area contributed by atoms with Gasteiger partial charge in [0.2, 0.25) is 0 Å². The van der Waals surface area contributed by atoms with Crippen molar-refractivity contribution in [1.82, 2.24) is 0 Å². The summed E-state index contributed by atoms with van der Waals surface area (Å²) in [5.74, 6) is 1.98. The summed E-state index contributed by atoms with van der Waals surface area (Å²) in [6.45, 7) is 4.50. The molecular formula is C30H28OS. The Labute approximate surface area is 195 Å². The van der Waals surface area contributed by atoms with Gasteiger partial charge in [-0.05, 0) is 70.8 Å². The van der Waals surface area contributed by atoms with Gasteiger partial charge >= 0.3 is 0 Å². The molecule has 4 aromatic carbocycles. The van der Waals surface area contributed by atoms with E-state index < -0.39 is 0 Å². The van der Waals surface area contributed by atoms with Gasteiger partial charge in [-0.2, -0.15) is 0 Å². The van der Waals surface area contributed by atoms with E-state index in [0.717, 1.165) is 37.2 Å². The van der Waals surface area contributed by atoms with E-state index in [2.05, 4.69) is 74.5 Å². The van der Waals surface area contributed by atoms with Crippen molar-refractivity contribution >= 4 is 11.8 Å². The second kappa shape index (κ2) is 9.26. The number of rotatable bonds is 2. The average Bonchev–Trinajstić information content (AvgIpc) is 2.85. The van der Waals surface area contributed by atoms with Gasteiger partial charge in [-0.25, -0.2) is 0 Å². The molecule has 0 unspecified atom stereocenters. The van der Waals surface area contributed by atoms with Crippen molar-refractivity contribution in [3.8, 4) is 11.5 Å². The molecule has 2 heteroatoms. The van der Waals surface area contributed by atoms with Crippen LogP contribution in [0.25, 0.3) is 0 Å². The molecule has 2 aliphatic rings. The molecule has 0 bridgehead atoms. The van der Waals surface area contributed by atoms with E-state index in [1.54, 1.807) is 0 Å². The van der Waals surface area contributed by atoms with Gasteiger partial charge in [0, 0.05) is 16.2 Å². The van der Waals surface area contributed by atoms with Gasteiger partial charge in [-0.3, -0.25) is 0 Å². The van der Waals surface area contributed by atoms with E-state index in [1.807, 2.05) is 36.0 Å². The summed E-state index contributed by atoms with van der Waals surface area (Å²) in [5.41, 5.74) is 8.53. The minimum Gasteiger partial charge on any atom is -0.457 e. The summed E-state index contributed by atoms with van der Waals surface area (Å²) in [4.78, 5) is 2.94. The summed E-state index contributed by atoms with van der Waals surface area (Å²) in [7, 11) is 0. The van der Waals surface area contributed by atoms with Crippen LogP contribution in [-0.2, 0) is 25.7 Å². The number of para-hydroxylation sites is 2. The maximum atomic E-state index is 5.78. The van der Waals surface area contributed by atoms with E-state index in [1.165, 1.54) is 43.2 Å². The Morgan fingerprint density at radius 3 is 1.91 bits per heavy atom. The molecule has 0 saturated carbocycles. The number of fused-ring (bicyclic) bond motifs is 4. The largest absolute Gasteiger partial charge is 0.457 e. The highest BCUT2D eigenvalue weighted by molar-refractivity contribution is 7.99. The number of aryl methyl sites for hydroxylation is 2. The van der Waals surface area contributed by atoms with Gasteiger partial charge in [0.05, 0.1) is 0 Å². The highest BCUT2D eigenvalue weighted by Crippen LogP contribution is 2.42. The second-order valence-electron chi connectivity index (χ2n) is 8.33. The van der Waals surface area contributed by atoms with Crippen molar-refractivity contribution < 1.29 is 4.74 Å². The summed E-state index contributed by atoms with van der Waals surface area (Å²) in [5, 5.41) is 0. The van der Waals surface area contributed by atoms with Crippen LogP contribution in [0.5, 0.6) is 11.5 Å². The molecule has 0 atom stereocenters. The first-order valence-corrected chi connectivity index (χ1v) is 12.3. The molecule has 1 nitrogen and oxygen atoms in total. The maximum absolute atomic E-state index is 5.78. The molecule has 0 amide bonds. The zero-order valence-corrected chi connectivity index (χ0v) is 19.5. The molecule has 0 N–H and O–H groups in total. The van der Waals surface area contributed by atoms with Crippen molar-refractivity contribution in [2.75, 3.05) is 0 Å². The Kier molecular flexibility index (Phi) is 6.05. The predicted molar refractivity (Wildman–Crippen MR) is 134 cm³/mol. The quantitative estimate of drug-likeness (QED) is 0.270. The van der Waals surface area contributed by atoms with E-state index in [4.69, 9.17) is 4.74 Å². The summed E-state index contributed by atoms with van der Waals surface area (Å²) >= 11 is 1.95. The smallest absolute Gasteiger partial charge is 0.130 e. The molecular weight excluding hydrogens is 408 g/mol. The predicted octanol–water partition coefficient (Wildman–Crippen LogP) is 8.25. The van der Waals surface area contributed by atoms with Crippen LogP contribution in [0, 0.1) is 0 Å². The van der Waals surface area contributed by atoms with Crippen molar-refractivity contribution in [3.63, 3.8) is 0 Å². The van der Waals surface area contributed by atoms with Gasteiger partial charge in [-0.1, -0.05) is 92.3 Å². The first kappa shape index (κ1) is 20.9. The van der Waals surface area contributed by atoms with Gasteiger partial charge in [0.1, 0.15) is 11.5 Å². The Hall–Kier alpha value is -2.97. The van der Waals surface area contributed by atoms with Crippen molar-refractivity contribution in [1.29, 1.82) is 0 Å². The average molecular weight is 437 g/mol. The lowest BCUT2D eigenvalue weighted by Crippen LogP contribution is -2.03. The Morgan fingerprint density at radius 2 is 1.25 bits per heavy atom. The topological polar surface area (TPSA) is 9.23 Å². The third-order valence-corrected chi connectivity index (χ3v) is 7.55. The van der Waals surface area contributed by atoms with Crippen LogP contribution in [0.2, 0.25) is 0 Å². The molecule has 0 saturated heterocycles. The highest BCUT2D eigenvalue weighted by atomic mass is 32.2. The zero-order valence-electron chi connectivity index (χ0n) is 18.7. The van der Waals surface area contributed by atoms with Crippen LogP contribution < -0.4 is 4.74 Å². The molecule has 4 aromatic rings. The van der Waals surface area contributed by atoms with Crippen molar-refractivity contribution in [3.05, 3.63) is 118 Å². The number of benzene rings is 4. The zero-order chi connectivity index (χ0) is 21.9. The Balaban J connectivity index is 0.000000139. The third kappa shape index (κ3) is 4.20. The first-order valence-electron chi connectivity index (χ1n) is 11.5. The Bertz CT molecular complexity index is 1170. The molecule has 2 heterocycles. The van der Waals surface area contributed by atoms with Crippen LogP contribution in [-0.4, -0.2) is 0 Å². The van der Waals surface area contributed by atoms with Crippen LogP contribution >= 0.6 is 11.8 Å². The SMILES string of the molecule is CCc1cc(CC)c2c(c1)Cc1ccccc1S2.c1ccc2c(c1)Cc1ccccc1O2. The van der Waals surface area contributed by atoms with Crippen LogP contribution in [0.3, 0.4) is 0 Å². The molecule has 6 rings (SSSR count). The fourth-order valence-electron chi connectivity index (χ4n) is 4.44. The van der Waals surface area contributed by atoms with Gasteiger partial charge in [0.15, 0.2) is 0 Å². The molecule has 0 radical (unpaired) electrons. The van der Waals surface area contributed by atoms with E-state index >= 15 is 0 Å². The third-order valence-electron chi connectivity index (χ3n) is 6.20. The lowest BCUT2D eigenvalue weighted by Gasteiger charge is -2.22. The fourth-order valence-corrected chi connectivity index (χ4v) is 5.68. The molecule has 0 aliphatic carbocycles. The van der Waals surface area contributed by atoms with Gasteiger partial charge in [-0.15, -0.1) is 0 Å². The van der Waals surface area contributed by atoms with Crippen LogP contribution in [0.1, 0.15) is 47.2 Å². The molecule has 0 spiro atoms. The van der Waals surface area contributed by atoms with E-state index in [9.17, 15) is 0 Å². The summed E-state index contributed by atoms with van der Waals surface area (Å²) < 4.78 is 5.78. The first-order chi connectivity index (χ1) is 15.7. The van der Waals surface area contributed by atoms with Crippen LogP contribution in [0.15, 0.2) is 94.7 Å². The molecule has 160 valence electrons. The van der Waals surface area contributed by atoms with Crippen LogP contribution in [0.4, 0.5) is 0 Å². The van der Waals surface area contributed by atoms with Gasteiger partial charge in [0.25, 0.3) is 0 Å². The number of hydrogen-bond acceptors (Lipinski definition) is 2. The maximum Gasteiger partial charge on any atom is 0.130 e. The second-order valence-corrected chi connectivity index (χ2v) is 9.38. The minimum atomic E-state index is 0.979. The monoisotopic (exact) mass is 436 g/mol. The lowest BCUT2D eigenvalue weighted by molar-refractivity contribution is 0.460. The van der Waals surface area contributed by atoms with E-state index in [-0.39, 0.29) is 0 Å². The summed E-state index contributed by atoms with van der Waals surface area (Å²) in [6.07, 6.45) is 4.34. The Morgan fingerprint density at radius 1 is 0.656 bits per heavy atom. The minimum absolute atomic E-state index is 0.979. The van der Waals surface area contributed by atoms with Crippen molar-refractivity contribution in [2.45, 2.75) is 49.3 Å². The number of hydrogen-bond donors (Lipinski definition) is 0. The lowest BCUT2D eigenvalue weighted by atomic mass is 9.97.